The van der Waals surface area contributed by atoms with E-state index in [1.807, 2.05) is 7.05 Å². The van der Waals surface area contributed by atoms with Crippen molar-refractivity contribution < 1.29 is 0 Å². The maximum Gasteiger partial charge on any atom is 0.191 e. The highest BCUT2D eigenvalue weighted by atomic mass is 32.2. The summed E-state index contributed by atoms with van der Waals surface area (Å²) in [5.41, 5.74) is 2.68. The van der Waals surface area contributed by atoms with Gasteiger partial charge in [-0.3, -0.25) is 0 Å². The number of hydrogen-bond acceptors (Lipinski definition) is 4. The van der Waals surface area contributed by atoms with Crippen molar-refractivity contribution in [1.29, 1.82) is 0 Å². The molecule has 0 aliphatic carbocycles. The number of aromatic nitrogens is 3. The van der Waals surface area contributed by atoms with Crippen molar-refractivity contribution >= 4 is 23.1 Å². The fourth-order valence-corrected chi connectivity index (χ4v) is 3.82. The summed E-state index contributed by atoms with van der Waals surface area (Å²) in [5, 5.41) is 11.7. The first-order chi connectivity index (χ1) is 10.2. The molecular formula is C16H17N3S2. The van der Waals surface area contributed by atoms with Gasteiger partial charge in [0.05, 0.1) is 0 Å². The molecule has 0 N–H and O–H groups in total. The summed E-state index contributed by atoms with van der Waals surface area (Å²) in [4.78, 5) is 1.32. The number of thiophene rings is 1. The topological polar surface area (TPSA) is 30.7 Å². The summed E-state index contributed by atoms with van der Waals surface area (Å²) in [6.45, 7) is 2.15. The lowest BCUT2D eigenvalue weighted by Crippen LogP contribution is -1.99. The zero-order valence-electron chi connectivity index (χ0n) is 12.1. The molecule has 0 radical (unpaired) electrons. The van der Waals surface area contributed by atoms with Crippen LogP contribution in [0.4, 0.5) is 0 Å². The highest BCUT2D eigenvalue weighted by Crippen LogP contribution is 2.23. The Morgan fingerprint density at radius 2 is 2.00 bits per heavy atom. The van der Waals surface area contributed by atoms with Crippen LogP contribution in [0.5, 0.6) is 0 Å². The molecule has 0 saturated carbocycles. The van der Waals surface area contributed by atoms with Crippen molar-refractivity contribution in [2.24, 2.45) is 7.05 Å². The number of benzene rings is 1. The van der Waals surface area contributed by atoms with Gasteiger partial charge in [0.15, 0.2) is 5.16 Å². The van der Waals surface area contributed by atoms with Gasteiger partial charge in [0.2, 0.25) is 0 Å². The van der Waals surface area contributed by atoms with E-state index in [4.69, 9.17) is 0 Å². The van der Waals surface area contributed by atoms with Crippen LogP contribution in [0.15, 0.2) is 46.9 Å². The third kappa shape index (κ3) is 3.36. The van der Waals surface area contributed by atoms with E-state index in [9.17, 15) is 0 Å². The highest BCUT2D eigenvalue weighted by molar-refractivity contribution is 7.98. The van der Waals surface area contributed by atoms with Crippen molar-refractivity contribution in [1.82, 2.24) is 14.8 Å². The Bertz CT molecular complexity index is 717. The van der Waals surface area contributed by atoms with E-state index < -0.39 is 0 Å². The maximum absolute atomic E-state index is 4.32. The summed E-state index contributed by atoms with van der Waals surface area (Å²) < 4.78 is 2.10. The van der Waals surface area contributed by atoms with Crippen LogP contribution in [0.25, 0.3) is 0 Å². The standard InChI is InChI=1S/C16H17N3S2/c1-12-6-3-4-7-13(12)11-21-16-18-17-15(19(16)2)10-14-8-5-9-20-14/h3-9H,10-11H2,1-2H3. The van der Waals surface area contributed by atoms with Crippen LogP contribution in [0.3, 0.4) is 0 Å². The molecule has 0 unspecified atom stereocenters. The number of rotatable bonds is 5. The van der Waals surface area contributed by atoms with Gasteiger partial charge < -0.3 is 4.57 Å². The Hall–Kier alpha value is -1.59. The maximum atomic E-state index is 4.32. The second-order valence-corrected chi connectivity index (χ2v) is 6.90. The lowest BCUT2D eigenvalue weighted by molar-refractivity contribution is 0.751. The molecule has 0 saturated heterocycles. The van der Waals surface area contributed by atoms with E-state index in [-0.39, 0.29) is 0 Å². The predicted molar refractivity (Wildman–Crippen MR) is 88.9 cm³/mol. The molecule has 2 aromatic heterocycles. The van der Waals surface area contributed by atoms with Gasteiger partial charge in [0, 0.05) is 24.1 Å². The normalized spacial score (nSPS) is 11.0. The van der Waals surface area contributed by atoms with E-state index in [1.165, 1.54) is 16.0 Å². The Morgan fingerprint density at radius 1 is 1.14 bits per heavy atom. The Morgan fingerprint density at radius 3 is 2.76 bits per heavy atom. The van der Waals surface area contributed by atoms with E-state index >= 15 is 0 Å². The van der Waals surface area contributed by atoms with Crippen molar-refractivity contribution in [3.05, 3.63) is 63.6 Å². The van der Waals surface area contributed by atoms with E-state index in [0.29, 0.717) is 0 Å². The predicted octanol–water partition coefficient (Wildman–Crippen LogP) is 4.07. The van der Waals surface area contributed by atoms with Crippen LogP contribution < -0.4 is 0 Å². The minimum atomic E-state index is 0.853. The first-order valence-electron chi connectivity index (χ1n) is 6.82. The second kappa shape index (κ2) is 6.45. The van der Waals surface area contributed by atoms with Crippen LogP contribution in [-0.4, -0.2) is 14.8 Å². The lowest BCUT2D eigenvalue weighted by atomic mass is 10.1. The molecule has 0 aliphatic heterocycles. The number of hydrogen-bond donors (Lipinski definition) is 0. The van der Waals surface area contributed by atoms with Crippen molar-refractivity contribution in [3.63, 3.8) is 0 Å². The Kier molecular flexibility index (Phi) is 4.41. The fourth-order valence-electron chi connectivity index (χ4n) is 2.11. The lowest BCUT2D eigenvalue weighted by Gasteiger charge is -2.05. The van der Waals surface area contributed by atoms with Crippen LogP contribution in [-0.2, 0) is 19.2 Å². The summed E-state index contributed by atoms with van der Waals surface area (Å²) in [6, 6.07) is 12.7. The van der Waals surface area contributed by atoms with E-state index in [2.05, 4.69) is 63.5 Å². The van der Waals surface area contributed by atoms with Crippen LogP contribution in [0.1, 0.15) is 21.8 Å². The minimum Gasteiger partial charge on any atom is -0.309 e. The van der Waals surface area contributed by atoms with Crippen LogP contribution >= 0.6 is 23.1 Å². The number of nitrogens with zero attached hydrogens (tertiary/aromatic N) is 3. The van der Waals surface area contributed by atoms with Gasteiger partial charge in [-0.05, 0) is 29.5 Å². The molecule has 21 heavy (non-hydrogen) atoms. The molecule has 2 heterocycles. The average Bonchev–Trinajstić information content (AvgIpc) is 3.11. The molecule has 5 heteroatoms. The number of thioether (sulfide) groups is 1. The molecule has 3 aromatic rings. The first-order valence-corrected chi connectivity index (χ1v) is 8.68. The quantitative estimate of drug-likeness (QED) is 0.665. The third-order valence-corrected chi connectivity index (χ3v) is 5.40. The summed E-state index contributed by atoms with van der Waals surface area (Å²) >= 11 is 3.50. The number of aryl methyl sites for hydroxylation is 1. The molecule has 0 fully saturated rings. The van der Waals surface area contributed by atoms with E-state index in [0.717, 1.165) is 23.2 Å². The van der Waals surface area contributed by atoms with E-state index in [1.54, 1.807) is 23.1 Å². The summed E-state index contributed by atoms with van der Waals surface area (Å²) in [7, 11) is 2.04. The average molecular weight is 315 g/mol. The molecule has 108 valence electrons. The summed E-state index contributed by atoms with van der Waals surface area (Å²) in [5.74, 6) is 1.95. The Balaban J connectivity index is 1.69. The SMILES string of the molecule is Cc1ccccc1CSc1nnc(Cc2cccs2)n1C. The Labute approximate surface area is 133 Å². The van der Waals surface area contributed by atoms with Crippen LogP contribution in [0, 0.1) is 6.92 Å². The molecule has 0 bridgehead atoms. The fraction of sp³-hybridized carbons (Fsp3) is 0.250. The smallest absolute Gasteiger partial charge is 0.191 e. The second-order valence-electron chi connectivity index (χ2n) is 4.93. The molecule has 3 nitrogen and oxygen atoms in total. The molecule has 3 rings (SSSR count). The monoisotopic (exact) mass is 315 g/mol. The molecule has 0 aliphatic rings. The summed E-state index contributed by atoms with van der Waals surface area (Å²) in [6.07, 6.45) is 0.853. The van der Waals surface area contributed by atoms with Gasteiger partial charge >= 0.3 is 0 Å². The van der Waals surface area contributed by atoms with Gasteiger partial charge in [-0.15, -0.1) is 21.5 Å². The molecular weight excluding hydrogens is 298 g/mol. The molecule has 0 atom stereocenters. The minimum absolute atomic E-state index is 0.853. The third-order valence-electron chi connectivity index (χ3n) is 3.46. The zero-order valence-corrected chi connectivity index (χ0v) is 13.7. The van der Waals surface area contributed by atoms with Gasteiger partial charge in [-0.1, -0.05) is 42.1 Å². The molecule has 0 amide bonds. The van der Waals surface area contributed by atoms with Gasteiger partial charge in [0.1, 0.15) is 5.82 Å². The molecule has 1 aromatic carbocycles. The van der Waals surface area contributed by atoms with Crippen LogP contribution in [0.2, 0.25) is 0 Å². The van der Waals surface area contributed by atoms with Gasteiger partial charge in [0.25, 0.3) is 0 Å². The zero-order chi connectivity index (χ0) is 14.7. The largest absolute Gasteiger partial charge is 0.309 e. The first kappa shape index (κ1) is 14.4. The highest BCUT2D eigenvalue weighted by Gasteiger charge is 2.10. The van der Waals surface area contributed by atoms with Crippen molar-refractivity contribution in [2.75, 3.05) is 0 Å². The van der Waals surface area contributed by atoms with Crippen molar-refractivity contribution in [2.45, 2.75) is 24.3 Å². The van der Waals surface area contributed by atoms with Crippen molar-refractivity contribution in [3.8, 4) is 0 Å². The van der Waals surface area contributed by atoms with Gasteiger partial charge in [-0.2, -0.15) is 0 Å². The molecule has 0 spiro atoms. The van der Waals surface area contributed by atoms with Gasteiger partial charge in [-0.25, -0.2) is 0 Å².